The zero-order valence-electron chi connectivity index (χ0n) is 24.7. The molecule has 0 saturated carbocycles. The van der Waals surface area contributed by atoms with Gasteiger partial charge in [0.05, 0.1) is 28.9 Å². The van der Waals surface area contributed by atoms with Crippen molar-refractivity contribution < 1.29 is 22.9 Å². The molecule has 2 heterocycles. The second-order valence-corrected chi connectivity index (χ2v) is 14.2. The molecule has 224 valence electrons. The molecule has 1 amide bonds. The third-order valence-corrected chi connectivity index (χ3v) is 7.80. The Morgan fingerprint density at radius 2 is 1.71 bits per heavy atom. The fraction of sp³-hybridized carbons (Fsp3) is 0.448. The van der Waals surface area contributed by atoms with E-state index < -0.39 is 31.0 Å². The highest BCUT2D eigenvalue weighted by atomic mass is 35.5. The normalized spacial score (nSPS) is 13.3. The number of H-pyrrole nitrogens is 1. The van der Waals surface area contributed by atoms with Gasteiger partial charge in [-0.15, -0.1) is 0 Å². The monoisotopic (exact) mass is 624 g/mol. The summed E-state index contributed by atoms with van der Waals surface area (Å²) in [5.41, 5.74) is 0.751. The Balaban J connectivity index is 1.86. The number of benzene rings is 1. The molecule has 1 unspecified atom stereocenters. The fourth-order valence-corrected chi connectivity index (χ4v) is 6.03. The maximum Gasteiger partial charge on any atom is 0.475 e. The van der Waals surface area contributed by atoms with Crippen LogP contribution in [0.2, 0.25) is 10.0 Å². The maximum atomic E-state index is 13.7. The van der Waals surface area contributed by atoms with Crippen LogP contribution in [-0.2, 0) is 18.1 Å². The number of carbonyl (C=O) groups excluding carboxylic acids is 1. The smallest absolute Gasteiger partial charge is 0.368 e. The number of pyridine rings is 1. The summed E-state index contributed by atoms with van der Waals surface area (Å²) >= 11 is 12.7. The van der Waals surface area contributed by atoms with Crippen molar-refractivity contribution in [2.75, 3.05) is 11.9 Å². The van der Waals surface area contributed by atoms with Crippen molar-refractivity contribution in [3.8, 4) is 11.1 Å². The molecule has 1 aromatic carbocycles. The number of phosphoric ester groups is 1. The van der Waals surface area contributed by atoms with Crippen LogP contribution in [0.25, 0.3) is 11.1 Å². The van der Waals surface area contributed by atoms with Gasteiger partial charge in [-0.2, -0.15) is 0 Å². The fourth-order valence-electron chi connectivity index (χ4n) is 3.80. The molecule has 3 rings (SSSR count). The average molecular weight is 626 g/mol. The number of nitrogens with zero attached hydrogens (tertiary/aromatic N) is 1. The molecule has 3 N–H and O–H groups in total. The maximum absolute atomic E-state index is 13.7. The lowest BCUT2D eigenvalue weighted by molar-refractivity contribution is 0.000628. The minimum atomic E-state index is -4.04. The second-order valence-electron chi connectivity index (χ2n) is 11.9. The van der Waals surface area contributed by atoms with Crippen LogP contribution in [0.5, 0.6) is 0 Å². The highest BCUT2D eigenvalue weighted by Gasteiger charge is 2.38. The van der Waals surface area contributed by atoms with Crippen molar-refractivity contribution >= 4 is 42.7 Å². The Morgan fingerprint density at radius 1 is 1.05 bits per heavy atom. The first-order valence-electron chi connectivity index (χ1n) is 13.3. The van der Waals surface area contributed by atoms with Gasteiger partial charge in [0, 0.05) is 34.6 Å². The second kappa shape index (κ2) is 13.3. The number of anilines is 1. The minimum absolute atomic E-state index is 0.188. The number of aromatic nitrogens is 2. The highest BCUT2D eigenvalue weighted by molar-refractivity contribution is 7.48. The summed E-state index contributed by atoms with van der Waals surface area (Å²) in [5, 5.41) is 7.12. The number of halogens is 2. The molecule has 3 aromatic rings. The third-order valence-electron chi connectivity index (χ3n) is 5.26. The predicted octanol–water partition coefficient (Wildman–Crippen LogP) is 8.43. The molecule has 0 bridgehead atoms. The van der Waals surface area contributed by atoms with Gasteiger partial charge in [-0.3, -0.25) is 18.4 Å². The summed E-state index contributed by atoms with van der Waals surface area (Å²) in [7, 11) is -4.04. The molecule has 41 heavy (non-hydrogen) atoms. The minimum Gasteiger partial charge on any atom is -0.368 e. The number of rotatable bonds is 11. The topological polar surface area (TPSA) is 115 Å². The summed E-state index contributed by atoms with van der Waals surface area (Å²) in [5.74, 6) is 0.253. The lowest BCUT2D eigenvalue weighted by atomic mass is 10.1. The summed E-state index contributed by atoms with van der Waals surface area (Å²) < 4.78 is 31.0. The highest BCUT2D eigenvalue weighted by Crippen LogP contribution is 2.55. The number of aromatic amines is 1. The van der Waals surface area contributed by atoms with Crippen LogP contribution >= 0.6 is 31.0 Å². The zero-order valence-corrected chi connectivity index (χ0v) is 27.1. The van der Waals surface area contributed by atoms with Gasteiger partial charge >= 0.3 is 7.82 Å². The molecule has 0 spiro atoms. The van der Waals surface area contributed by atoms with Gasteiger partial charge in [0.2, 0.25) is 0 Å². The van der Waals surface area contributed by atoms with Crippen molar-refractivity contribution in [1.82, 2.24) is 15.3 Å². The molecule has 1 atom stereocenters. The van der Waals surface area contributed by atoms with E-state index in [1.807, 2.05) is 19.9 Å². The van der Waals surface area contributed by atoms with E-state index in [9.17, 15) is 9.36 Å². The first kappa shape index (κ1) is 33.1. The van der Waals surface area contributed by atoms with Gasteiger partial charge in [-0.1, -0.05) is 35.3 Å². The molecule has 0 aliphatic heterocycles. The van der Waals surface area contributed by atoms with Crippen LogP contribution in [0.15, 0.2) is 48.8 Å². The van der Waals surface area contributed by atoms with E-state index in [4.69, 9.17) is 36.8 Å². The van der Waals surface area contributed by atoms with Crippen molar-refractivity contribution in [3.63, 3.8) is 0 Å². The first-order chi connectivity index (χ1) is 18.9. The van der Waals surface area contributed by atoms with Crippen molar-refractivity contribution in [1.29, 1.82) is 0 Å². The van der Waals surface area contributed by atoms with Gasteiger partial charge in [-0.05, 0) is 85.2 Å². The predicted molar refractivity (Wildman–Crippen MR) is 165 cm³/mol. The van der Waals surface area contributed by atoms with Crippen molar-refractivity contribution in [2.24, 2.45) is 0 Å². The lowest BCUT2D eigenvalue weighted by Gasteiger charge is -2.32. The molecule has 0 aliphatic carbocycles. The van der Waals surface area contributed by atoms with Crippen molar-refractivity contribution in [2.45, 2.75) is 78.7 Å². The van der Waals surface area contributed by atoms with Crippen LogP contribution < -0.4 is 10.6 Å². The van der Waals surface area contributed by atoms with E-state index in [0.29, 0.717) is 32.7 Å². The Bertz CT molecular complexity index is 1380. The number of carbonyl (C=O) groups is 1. The van der Waals surface area contributed by atoms with Crippen LogP contribution in [0.1, 0.15) is 77.5 Å². The van der Waals surface area contributed by atoms with Gasteiger partial charge < -0.3 is 15.6 Å². The Labute approximate surface area is 252 Å². The largest absolute Gasteiger partial charge is 0.475 e. The van der Waals surface area contributed by atoms with E-state index in [0.717, 1.165) is 5.56 Å². The van der Waals surface area contributed by atoms with Crippen LogP contribution in [0.3, 0.4) is 0 Å². The Kier molecular flexibility index (Phi) is 10.7. The summed E-state index contributed by atoms with van der Waals surface area (Å²) in [6.07, 6.45) is 3.27. The van der Waals surface area contributed by atoms with E-state index in [1.54, 1.807) is 84.3 Å². The third kappa shape index (κ3) is 10.4. The zero-order chi connectivity index (χ0) is 30.6. The van der Waals surface area contributed by atoms with Gasteiger partial charge in [0.15, 0.2) is 0 Å². The lowest BCUT2D eigenvalue weighted by Crippen LogP contribution is -2.32. The van der Waals surface area contributed by atoms with Crippen molar-refractivity contribution in [3.05, 3.63) is 70.1 Å². The van der Waals surface area contributed by atoms with Crippen LogP contribution in [0, 0.1) is 0 Å². The van der Waals surface area contributed by atoms with Crippen LogP contribution in [-0.4, -0.2) is 39.7 Å². The van der Waals surface area contributed by atoms with E-state index in [1.165, 1.54) is 0 Å². The SMILES string of the molecule is CC(C)Nc1cc(-c2c[nH]c(C(=O)NC(COP(=O)(OC(C)(C)C)OC(C)(C)C)c3cccc(Cl)c3)c2)c(Cl)cn1. The molecule has 12 heteroatoms. The molecule has 2 aromatic heterocycles. The number of nitrogens with one attached hydrogen (secondary N) is 3. The van der Waals surface area contributed by atoms with Gasteiger partial charge in [0.1, 0.15) is 11.5 Å². The standard InChI is InChI=1S/C29H39Cl2N4O5P/c1-18(2)34-26-14-22(23(31)16-33-26)20-13-24(32-15-20)27(36)35-25(19-10-9-11-21(30)12-19)17-38-41(37,39-28(3,4)5)40-29(6,7)8/h9-16,18,25,32H,17H2,1-8H3,(H,33,34)(H,35,36). The first-order valence-corrected chi connectivity index (χ1v) is 15.5. The number of amides is 1. The summed E-state index contributed by atoms with van der Waals surface area (Å²) in [6, 6.07) is 9.96. The molecule has 0 aliphatic rings. The quantitative estimate of drug-likeness (QED) is 0.183. The number of hydrogen-bond donors (Lipinski definition) is 3. The molecular weight excluding hydrogens is 586 g/mol. The van der Waals surface area contributed by atoms with E-state index in [2.05, 4.69) is 20.6 Å². The number of hydrogen-bond acceptors (Lipinski definition) is 7. The average Bonchev–Trinajstić information content (AvgIpc) is 3.30. The molecular formula is C29H39Cl2N4O5P. The molecule has 0 fully saturated rings. The molecule has 9 nitrogen and oxygen atoms in total. The Hall–Kier alpha value is -2.39. The summed E-state index contributed by atoms with van der Waals surface area (Å²) in [6.45, 7) is 14.3. The summed E-state index contributed by atoms with van der Waals surface area (Å²) in [4.78, 5) is 20.7. The van der Waals surface area contributed by atoms with E-state index >= 15 is 0 Å². The van der Waals surface area contributed by atoms with Gasteiger partial charge in [-0.25, -0.2) is 9.55 Å². The molecule has 0 saturated heterocycles. The molecule has 0 radical (unpaired) electrons. The van der Waals surface area contributed by atoms with Crippen LogP contribution in [0.4, 0.5) is 5.82 Å². The van der Waals surface area contributed by atoms with Gasteiger partial charge in [0.25, 0.3) is 5.91 Å². The Morgan fingerprint density at radius 3 is 2.29 bits per heavy atom. The van der Waals surface area contributed by atoms with E-state index in [-0.39, 0.29) is 12.6 Å². The number of phosphoric acid groups is 1.